The number of hydrogen-bond acceptors (Lipinski definition) is 5. The number of carbonyl (C=O) groups excluding carboxylic acids is 1. The average molecular weight is 321 g/mol. The van der Waals surface area contributed by atoms with E-state index in [1.807, 2.05) is 11.8 Å². The molecule has 21 heavy (non-hydrogen) atoms. The number of nitrogen functional groups attached to an aromatic ring is 1. The van der Waals surface area contributed by atoms with Gasteiger partial charge in [0.05, 0.1) is 4.88 Å². The lowest BCUT2D eigenvalue weighted by Crippen LogP contribution is -2.48. The van der Waals surface area contributed by atoms with Crippen molar-refractivity contribution in [1.29, 1.82) is 0 Å². The van der Waals surface area contributed by atoms with Crippen LogP contribution >= 0.6 is 22.7 Å². The summed E-state index contributed by atoms with van der Waals surface area (Å²) in [5, 5.41) is 2.11. The van der Waals surface area contributed by atoms with Gasteiger partial charge < -0.3 is 10.6 Å². The standard InChI is InChI=1S/C15H19N3OS2/c1-11-13(16)9-14(21-11)15(19)18-6-4-17(5-7-18)10-12-3-2-8-20-12/h2-3,8-9H,4-7,10,16H2,1H3. The maximum absolute atomic E-state index is 12.5. The molecule has 0 atom stereocenters. The van der Waals surface area contributed by atoms with E-state index < -0.39 is 0 Å². The van der Waals surface area contributed by atoms with Gasteiger partial charge in [0.15, 0.2) is 0 Å². The molecular weight excluding hydrogens is 302 g/mol. The molecule has 2 aromatic rings. The Morgan fingerprint density at radius 1 is 1.33 bits per heavy atom. The lowest BCUT2D eigenvalue weighted by molar-refractivity contribution is 0.0634. The fraction of sp³-hybridized carbons (Fsp3) is 0.400. The average Bonchev–Trinajstić information content (AvgIpc) is 3.10. The van der Waals surface area contributed by atoms with E-state index >= 15 is 0 Å². The second-order valence-electron chi connectivity index (χ2n) is 5.27. The first-order valence-corrected chi connectivity index (χ1v) is 8.73. The first-order valence-electron chi connectivity index (χ1n) is 7.03. The summed E-state index contributed by atoms with van der Waals surface area (Å²) >= 11 is 3.28. The van der Waals surface area contributed by atoms with Crippen LogP contribution in [0.5, 0.6) is 0 Å². The molecule has 2 N–H and O–H groups in total. The highest BCUT2D eigenvalue weighted by Gasteiger charge is 2.23. The zero-order chi connectivity index (χ0) is 14.8. The molecule has 1 aliphatic heterocycles. The van der Waals surface area contributed by atoms with Crippen LogP contribution in [0, 0.1) is 6.92 Å². The first kappa shape index (κ1) is 14.6. The van der Waals surface area contributed by atoms with Gasteiger partial charge in [0.25, 0.3) is 5.91 Å². The molecule has 1 saturated heterocycles. The summed E-state index contributed by atoms with van der Waals surface area (Å²) in [5.74, 6) is 0.121. The number of nitrogens with two attached hydrogens (primary N) is 1. The van der Waals surface area contributed by atoms with Gasteiger partial charge >= 0.3 is 0 Å². The monoisotopic (exact) mass is 321 g/mol. The third-order valence-electron chi connectivity index (χ3n) is 3.79. The zero-order valence-corrected chi connectivity index (χ0v) is 13.7. The number of hydrogen-bond donors (Lipinski definition) is 1. The summed E-state index contributed by atoms with van der Waals surface area (Å²) in [6.07, 6.45) is 0. The normalized spacial score (nSPS) is 16.3. The quantitative estimate of drug-likeness (QED) is 0.945. The van der Waals surface area contributed by atoms with E-state index in [2.05, 4.69) is 22.4 Å². The number of rotatable bonds is 3. The summed E-state index contributed by atoms with van der Waals surface area (Å²) in [4.78, 5) is 20.0. The minimum Gasteiger partial charge on any atom is -0.398 e. The second kappa shape index (κ2) is 6.17. The van der Waals surface area contributed by atoms with Crippen molar-refractivity contribution >= 4 is 34.3 Å². The molecule has 2 aromatic heterocycles. The number of carbonyl (C=O) groups is 1. The van der Waals surface area contributed by atoms with Crippen molar-refractivity contribution in [2.24, 2.45) is 0 Å². The number of anilines is 1. The van der Waals surface area contributed by atoms with Gasteiger partial charge in [0.1, 0.15) is 0 Å². The van der Waals surface area contributed by atoms with Crippen molar-refractivity contribution in [2.75, 3.05) is 31.9 Å². The number of piperazine rings is 1. The van der Waals surface area contributed by atoms with Crippen LogP contribution in [0.25, 0.3) is 0 Å². The molecule has 0 spiro atoms. The second-order valence-corrected chi connectivity index (χ2v) is 7.56. The third-order valence-corrected chi connectivity index (χ3v) is 5.70. The lowest BCUT2D eigenvalue weighted by Gasteiger charge is -2.34. The Hall–Kier alpha value is -1.37. The summed E-state index contributed by atoms with van der Waals surface area (Å²) in [5.41, 5.74) is 6.56. The number of nitrogens with zero attached hydrogens (tertiary/aromatic N) is 2. The van der Waals surface area contributed by atoms with Crippen molar-refractivity contribution in [2.45, 2.75) is 13.5 Å². The number of amides is 1. The molecule has 1 amide bonds. The van der Waals surface area contributed by atoms with Crippen molar-refractivity contribution in [1.82, 2.24) is 9.80 Å². The Bertz CT molecular complexity index is 593. The zero-order valence-electron chi connectivity index (χ0n) is 12.0. The van der Waals surface area contributed by atoms with E-state index in [0.717, 1.165) is 48.2 Å². The Kier molecular flexibility index (Phi) is 4.28. The fourth-order valence-corrected chi connectivity index (χ4v) is 4.14. The molecule has 1 fully saturated rings. The van der Waals surface area contributed by atoms with Crippen LogP contribution in [0.15, 0.2) is 23.6 Å². The van der Waals surface area contributed by atoms with Gasteiger partial charge in [-0.3, -0.25) is 9.69 Å². The molecule has 3 rings (SSSR count). The van der Waals surface area contributed by atoms with Gasteiger partial charge in [-0.2, -0.15) is 0 Å². The predicted molar refractivity (Wildman–Crippen MR) is 89.0 cm³/mol. The molecule has 112 valence electrons. The lowest BCUT2D eigenvalue weighted by atomic mass is 10.2. The SMILES string of the molecule is Cc1sc(C(=O)N2CCN(Cc3cccs3)CC2)cc1N. The largest absolute Gasteiger partial charge is 0.398 e. The Labute approximate surface area is 132 Å². The van der Waals surface area contributed by atoms with E-state index in [1.165, 1.54) is 16.2 Å². The van der Waals surface area contributed by atoms with Crippen LogP contribution in [0.2, 0.25) is 0 Å². The summed E-state index contributed by atoms with van der Waals surface area (Å²) in [6.45, 7) is 6.40. The van der Waals surface area contributed by atoms with Gasteiger partial charge in [0, 0.05) is 48.2 Å². The molecular formula is C15H19N3OS2. The van der Waals surface area contributed by atoms with Crippen molar-refractivity contribution in [3.8, 4) is 0 Å². The molecule has 0 bridgehead atoms. The van der Waals surface area contributed by atoms with Crippen LogP contribution in [0.3, 0.4) is 0 Å². The van der Waals surface area contributed by atoms with Gasteiger partial charge in [0.2, 0.25) is 0 Å². The molecule has 6 heteroatoms. The highest BCUT2D eigenvalue weighted by molar-refractivity contribution is 7.14. The predicted octanol–water partition coefficient (Wildman–Crippen LogP) is 2.66. The third kappa shape index (κ3) is 3.28. The van der Waals surface area contributed by atoms with E-state index in [1.54, 1.807) is 17.4 Å². The first-order chi connectivity index (χ1) is 10.1. The summed E-state index contributed by atoms with van der Waals surface area (Å²) < 4.78 is 0. The highest BCUT2D eigenvalue weighted by Crippen LogP contribution is 2.25. The van der Waals surface area contributed by atoms with Crippen LogP contribution < -0.4 is 5.73 Å². The highest BCUT2D eigenvalue weighted by atomic mass is 32.1. The van der Waals surface area contributed by atoms with Gasteiger partial charge in [-0.25, -0.2) is 0 Å². The smallest absolute Gasteiger partial charge is 0.264 e. The Balaban J connectivity index is 1.56. The number of aryl methyl sites for hydroxylation is 1. The van der Waals surface area contributed by atoms with Crippen molar-refractivity contribution < 1.29 is 4.79 Å². The van der Waals surface area contributed by atoms with Gasteiger partial charge in [-0.05, 0) is 24.4 Å². The fourth-order valence-electron chi connectivity index (χ4n) is 2.49. The molecule has 0 unspecified atom stereocenters. The minimum absolute atomic E-state index is 0.121. The maximum atomic E-state index is 12.5. The Morgan fingerprint density at radius 3 is 2.67 bits per heavy atom. The van der Waals surface area contributed by atoms with Gasteiger partial charge in [-0.1, -0.05) is 6.07 Å². The molecule has 4 nitrogen and oxygen atoms in total. The molecule has 3 heterocycles. The van der Waals surface area contributed by atoms with E-state index in [9.17, 15) is 4.79 Å². The molecule has 0 saturated carbocycles. The molecule has 0 aliphatic carbocycles. The van der Waals surface area contributed by atoms with Crippen molar-refractivity contribution in [3.05, 3.63) is 38.2 Å². The number of thiophene rings is 2. The summed E-state index contributed by atoms with van der Waals surface area (Å²) in [6, 6.07) is 6.06. The maximum Gasteiger partial charge on any atom is 0.264 e. The van der Waals surface area contributed by atoms with E-state index in [4.69, 9.17) is 5.73 Å². The van der Waals surface area contributed by atoms with E-state index in [-0.39, 0.29) is 5.91 Å². The summed E-state index contributed by atoms with van der Waals surface area (Å²) in [7, 11) is 0. The topological polar surface area (TPSA) is 49.6 Å². The van der Waals surface area contributed by atoms with E-state index in [0.29, 0.717) is 0 Å². The van der Waals surface area contributed by atoms with Crippen LogP contribution in [0.1, 0.15) is 19.4 Å². The molecule has 1 aliphatic rings. The molecule has 0 aromatic carbocycles. The van der Waals surface area contributed by atoms with Gasteiger partial charge in [-0.15, -0.1) is 22.7 Å². The minimum atomic E-state index is 0.121. The Morgan fingerprint density at radius 2 is 2.10 bits per heavy atom. The van der Waals surface area contributed by atoms with Crippen LogP contribution in [-0.2, 0) is 6.54 Å². The van der Waals surface area contributed by atoms with Crippen LogP contribution in [0.4, 0.5) is 5.69 Å². The van der Waals surface area contributed by atoms with Crippen LogP contribution in [-0.4, -0.2) is 41.9 Å². The molecule has 0 radical (unpaired) electrons. The van der Waals surface area contributed by atoms with Crippen molar-refractivity contribution in [3.63, 3.8) is 0 Å².